The fourth-order valence-electron chi connectivity index (χ4n) is 1.95. The largest absolute Gasteiger partial charge is 0.455 e. The molecule has 84 valence electrons. The lowest BCUT2D eigenvalue weighted by molar-refractivity contribution is 0.548. The maximum Gasteiger partial charge on any atom is 0.177 e. The topological polar surface area (TPSA) is 9.23 Å². The highest BCUT2D eigenvalue weighted by atomic mass is 28.4. The quantitative estimate of drug-likeness (QED) is 0.725. The molecule has 0 amide bonds. The molecular weight excluding hydrogens is 216 g/mol. The van der Waals surface area contributed by atoms with Gasteiger partial charge in [-0.1, -0.05) is 30.3 Å². The summed E-state index contributed by atoms with van der Waals surface area (Å²) in [4.78, 5) is 0. The lowest BCUT2D eigenvalue weighted by Crippen LogP contribution is -2.44. The second-order valence-corrected chi connectivity index (χ2v) is 14.6. The molecule has 0 saturated carbocycles. The molecule has 0 heterocycles. The molecule has 0 spiro atoms. The van der Waals surface area contributed by atoms with Crippen LogP contribution in [0.15, 0.2) is 30.3 Å². The third kappa shape index (κ3) is 5.30. The van der Waals surface area contributed by atoms with Crippen LogP contribution in [0.25, 0.3) is 0 Å². The zero-order chi connectivity index (χ0) is 11.5. The van der Waals surface area contributed by atoms with E-state index >= 15 is 0 Å². The normalized spacial score (nSPS) is 12.9. The van der Waals surface area contributed by atoms with Crippen molar-refractivity contribution in [3.8, 4) is 0 Å². The Bertz CT molecular complexity index is 301. The molecule has 0 bridgehead atoms. The summed E-state index contributed by atoms with van der Waals surface area (Å²) in [5.41, 5.74) is 1.41. The molecular formula is C12H22OSi2. The van der Waals surface area contributed by atoms with Crippen molar-refractivity contribution in [2.24, 2.45) is 0 Å². The predicted molar refractivity (Wildman–Crippen MR) is 72.1 cm³/mol. The van der Waals surface area contributed by atoms with Crippen molar-refractivity contribution >= 4 is 16.6 Å². The first-order valence-electron chi connectivity index (χ1n) is 5.53. The zero-order valence-corrected chi connectivity index (χ0v) is 12.5. The number of hydrogen-bond donors (Lipinski definition) is 0. The van der Waals surface area contributed by atoms with Gasteiger partial charge in [0.05, 0.1) is 0 Å². The zero-order valence-electron chi connectivity index (χ0n) is 10.5. The first-order valence-corrected chi connectivity index (χ1v) is 12.0. The van der Waals surface area contributed by atoms with Crippen LogP contribution in [0.2, 0.25) is 32.7 Å². The van der Waals surface area contributed by atoms with Crippen molar-refractivity contribution in [3.63, 3.8) is 0 Å². The number of benzene rings is 1. The average Bonchev–Trinajstić information content (AvgIpc) is 1.99. The van der Waals surface area contributed by atoms with Gasteiger partial charge in [0.25, 0.3) is 0 Å². The van der Waals surface area contributed by atoms with Gasteiger partial charge in [0, 0.05) is 0 Å². The van der Waals surface area contributed by atoms with E-state index in [9.17, 15) is 0 Å². The van der Waals surface area contributed by atoms with E-state index in [4.69, 9.17) is 4.12 Å². The Morgan fingerprint density at radius 2 is 1.47 bits per heavy atom. The van der Waals surface area contributed by atoms with Crippen molar-refractivity contribution < 1.29 is 4.12 Å². The smallest absolute Gasteiger partial charge is 0.177 e. The Morgan fingerprint density at radius 1 is 0.933 bits per heavy atom. The fraction of sp³-hybridized carbons (Fsp3) is 0.500. The van der Waals surface area contributed by atoms with Crippen LogP contribution in [-0.2, 0) is 10.2 Å². The highest BCUT2D eigenvalue weighted by Gasteiger charge is 2.29. The van der Waals surface area contributed by atoms with Gasteiger partial charge in [-0.3, -0.25) is 0 Å². The predicted octanol–water partition coefficient (Wildman–Crippen LogP) is 3.82. The van der Waals surface area contributed by atoms with Gasteiger partial charge in [0.15, 0.2) is 16.6 Å². The van der Waals surface area contributed by atoms with Crippen molar-refractivity contribution in [2.45, 2.75) is 38.8 Å². The summed E-state index contributed by atoms with van der Waals surface area (Å²) in [6.45, 7) is 11.4. The standard InChI is InChI=1S/C12H22OSi2/c1-14(2,3)13-15(4,5)11-12-9-7-6-8-10-12/h6-10H,11H2,1-5H3. The molecule has 0 aliphatic heterocycles. The Kier molecular flexibility index (Phi) is 3.92. The summed E-state index contributed by atoms with van der Waals surface area (Å²) in [5.74, 6) is 0. The molecule has 1 rings (SSSR count). The molecule has 1 aromatic carbocycles. The van der Waals surface area contributed by atoms with Crippen LogP contribution in [0.1, 0.15) is 5.56 Å². The Hall–Kier alpha value is -0.386. The maximum atomic E-state index is 6.31. The molecule has 0 aromatic heterocycles. The molecule has 1 nitrogen and oxygen atoms in total. The van der Waals surface area contributed by atoms with Crippen molar-refractivity contribution in [2.75, 3.05) is 0 Å². The van der Waals surface area contributed by atoms with E-state index < -0.39 is 16.6 Å². The molecule has 0 N–H and O–H groups in total. The van der Waals surface area contributed by atoms with Crippen LogP contribution >= 0.6 is 0 Å². The molecule has 0 saturated heterocycles. The molecule has 0 radical (unpaired) electrons. The van der Waals surface area contributed by atoms with E-state index in [0.717, 1.165) is 6.04 Å². The molecule has 15 heavy (non-hydrogen) atoms. The highest BCUT2D eigenvalue weighted by Crippen LogP contribution is 2.18. The molecule has 0 fully saturated rings. The Balaban J connectivity index is 2.65. The summed E-state index contributed by atoms with van der Waals surface area (Å²) < 4.78 is 6.31. The van der Waals surface area contributed by atoms with Crippen LogP contribution in [0.5, 0.6) is 0 Å². The van der Waals surface area contributed by atoms with Crippen LogP contribution in [0.4, 0.5) is 0 Å². The van der Waals surface area contributed by atoms with Gasteiger partial charge in [-0.05, 0) is 44.3 Å². The summed E-state index contributed by atoms with van der Waals surface area (Å²) >= 11 is 0. The third-order valence-corrected chi connectivity index (χ3v) is 7.97. The second kappa shape index (κ2) is 4.64. The van der Waals surface area contributed by atoms with Crippen LogP contribution in [0.3, 0.4) is 0 Å². The Morgan fingerprint density at radius 3 is 1.93 bits per heavy atom. The second-order valence-electron chi connectivity index (χ2n) is 5.64. The molecule has 0 atom stereocenters. The lowest BCUT2D eigenvalue weighted by atomic mass is 10.2. The molecule has 0 aliphatic carbocycles. The molecule has 3 heteroatoms. The SMILES string of the molecule is C[Si](C)(C)O[Si](C)(C)Cc1ccccc1. The van der Waals surface area contributed by atoms with E-state index in [1.54, 1.807) is 0 Å². The number of rotatable bonds is 4. The lowest BCUT2D eigenvalue weighted by Gasteiger charge is -2.31. The van der Waals surface area contributed by atoms with Gasteiger partial charge in [0.2, 0.25) is 0 Å². The summed E-state index contributed by atoms with van der Waals surface area (Å²) in [7, 11) is -2.90. The summed E-state index contributed by atoms with van der Waals surface area (Å²) in [5, 5.41) is 0. The highest BCUT2D eigenvalue weighted by molar-refractivity contribution is 6.83. The minimum absolute atomic E-state index is 1.12. The van der Waals surface area contributed by atoms with Crippen molar-refractivity contribution in [3.05, 3.63) is 35.9 Å². The van der Waals surface area contributed by atoms with Crippen LogP contribution < -0.4 is 0 Å². The van der Waals surface area contributed by atoms with Crippen molar-refractivity contribution in [1.29, 1.82) is 0 Å². The minimum atomic E-state index is -1.52. The van der Waals surface area contributed by atoms with E-state index in [1.807, 2.05) is 0 Å². The average molecular weight is 238 g/mol. The first-order chi connectivity index (χ1) is 6.79. The van der Waals surface area contributed by atoms with Gasteiger partial charge in [0.1, 0.15) is 0 Å². The summed E-state index contributed by atoms with van der Waals surface area (Å²) in [6.07, 6.45) is 0. The van der Waals surface area contributed by atoms with Crippen LogP contribution in [0, 0.1) is 0 Å². The van der Waals surface area contributed by atoms with E-state index in [2.05, 4.69) is 63.1 Å². The molecule has 1 aromatic rings. The molecule has 0 unspecified atom stereocenters. The minimum Gasteiger partial charge on any atom is -0.455 e. The van der Waals surface area contributed by atoms with E-state index in [1.165, 1.54) is 5.56 Å². The maximum absolute atomic E-state index is 6.31. The summed E-state index contributed by atoms with van der Waals surface area (Å²) in [6, 6.07) is 11.8. The van der Waals surface area contributed by atoms with Gasteiger partial charge >= 0.3 is 0 Å². The Labute approximate surface area is 95.7 Å². The van der Waals surface area contributed by atoms with E-state index in [-0.39, 0.29) is 0 Å². The van der Waals surface area contributed by atoms with Crippen molar-refractivity contribution in [1.82, 2.24) is 0 Å². The van der Waals surface area contributed by atoms with Gasteiger partial charge in [-0.15, -0.1) is 0 Å². The van der Waals surface area contributed by atoms with E-state index in [0.29, 0.717) is 0 Å². The fourth-order valence-corrected chi connectivity index (χ4v) is 10.1. The van der Waals surface area contributed by atoms with Crippen LogP contribution in [-0.4, -0.2) is 16.6 Å². The van der Waals surface area contributed by atoms with Gasteiger partial charge < -0.3 is 4.12 Å². The molecule has 0 aliphatic rings. The monoisotopic (exact) mass is 238 g/mol. The third-order valence-electron chi connectivity index (χ3n) is 2.06. The van der Waals surface area contributed by atoms with Gasteiger partial charge in [-0.25, -0.2) is 0 Å². The van der Waals surface area contributed by atoms with Gasteiger partial charge in [-0.2, -0.15) is 0 Å². The number of hydrogen-bond acceptors (Lipinski definition) is 1. The first kappa shape index (κ1) is 12.7.